The molecule has 4 heteroatoms. The highest BCUT2D eigenvalue weighted by Crippen LogP contribution is 2.02. The molecule has 0 aliphatic carbocycles. The van der Waals surface area contributed by atoms with E-state index in [1.807, 2.05) is 20.9 Å². The van der Waals surface area contributed by atoms with Crippen molar-refractivity contribution in [3.8, 4) is 0 Å². The number of ether oxygens (including phenoxy) is 1. The van der Waals surface area contributed by atoms with E-state index < -0.39 is 6.61 Å². The minimum Gasteiger partial charge on any atom is -0.323 e. The van der Waals surface area contributed by atoms with E-state index >= 15 is 0 Å². The molecule has 0 spiro atoms. The predicted molar refractivity (Wildman–Crippen MR) is 64.9 cm³/mol. The number of rotatable bonds is 7. The molecule has 0 fully saturated rings. The molecule has 0 aromatic heterocycles. The molecule has 0 heterocycles. The molecule has 0 aromatic rings. The molecule has 2 nitrogen and oxygen atoms in total. The van der Waals surface area contributed by atoms with Gasteiger partial charge in [-0.2, -0.15) is 8.78 Å². The van der Waals surface area contributed by atoms with Gasteiger partial charge in [0.25, 0.3) is 0 Å². The first-order valence-electron chi connectivity index (χ1n) is 6.06. The summed E-state index contributed by atoms with van der Waals surface area (Å²) >= 11 is 0. The van der Waals surface area contributed by atoms with Gasteiger partial charge in [0.1, 0.15) is 0 Å². The van der Waals surface area contributed by atoms with E-state index in [0.717, 1.165) is 13.1 Å². The molecule has 0 N–H and O–H groups in total. The average molecular weight is 239 g/mol. The van der Waals surface area contributed by atoms with Crippen LogP contribution in [-0.4, -0.2) is 38.3 Å². The molecule has 0 bridgehead atoms. The Morgan fingerprint density at radius 1 is 1.12 bits per heavy atom. The third-order valence-corrected chi connectivity index (χ3v) is 2.17. The van der Waals surface area contributed by atoms with E-state index in [9.17, 15) is 8.78 Å². The molecule has 1 unspecified atom stereocenters. The first kappa shape index (κ1) is 18.2. The standard InChI is InChI=1S/C8H17F2NO.C4H10/c1-4-11(3)5-7(2)6-12-8(9)10;1-3-4-2/h7-8H,4-6H2,1-3H3;3-4H2,1-2H3. The van der Waals surface area contributed by atoms with Crippen LogP contribution >= 0.6 is 0 Å². The minimum absolute atomic E-state index is 0.127. The van der Waals surface area contributed by atoms with Crippen molar-refractivity contribution in [2.45, 2.75) is 47.1 Å². The maximum Gasteiger partial charge on any atom is 0.345 e. The number of halogens is 2. The van der Waals surface area contributed by atoms with Crippen molar-refractivity contribution in [2.24, 2.45) is 5.92 Å². The quantitative estimate of drug-likeness (QED) is 0.673. The summed E-state index contributed by atoms with van der Waals surface area (Å²) in [6, 6.07) is 0. The van der Waals surface area contributed by atoms with E-state index in [0.29, 0.717) is 0 Å². The molecule has 16 heavy (non-hydrogen) atoms. The second-order valence-electron chi connectivity index (χ2n) is 4.05. The van der Waals surface area contributed by atoms with Gasteiger partial charge in [-0.05, 0) is 19.5 Å². The summed E-state index contributed by atoms with van der Waals surface area (Å²) in [5, 5.41) is 0. The lowest BCUT2D eigenvalue weighted by atomic mass is 10.2. The van der Waals surface area contributed by atoms with E-state index in [2.05, 4.69) is 23.5 Å². The molecule has 100 valence electrons. The Balaban J connectivity index is 0. The van der Waals surface area contributed by atoms with Crippen molar-refractivity contribution in [2.75, 3.05) is 26.7 Å². The van der Waals surface area contributed by atoms with Crippen LogP contribution in [-0.2, 0) is 4.74 Å². The summed E-state index contributed by atoms with van der Waals surface area (Å²) in [6.45, 7) is 7.50. The van der Waals surface area contributed by atoms with Crippen LogP contribution in [0.15, 0.2) is 0 Å². The Morgan fingerprint density at radius 2 is 1.62 bits per heavy atom. The van der Waals surface area contributed by atoms with Crippen LogP contribution in [0.2, 0.25) is 0 Å². The number of hydrogen-bond donors (Lipinski definition) is 0. The normalized spacial score (nSPS) is 12.6. The second kappa shape index (κ2) is 12.8. The van der Waals surface area contributed by atoms with Gasteiger partial charge < -0.3 is 9.64 Å². The third kappa shape index (κ3) is 16.2. The molecule has 0 radical (unpaired) electrons. The van der Waals surface area contributed by atoms with Gasteiger partial charge in [-0.25, -0.2) is 0 Å². The molecule has 0 saturated heterocycles. The second-order valence-corrected chi connectivity index (χ2v) is 4.05. The molecule has 0 saturated carbocycles. The number of nitrogens with zero attached hydrogens (tertiary/aromatic N) is 1. The van der Waals surface area contributed by atoms with Gasteiger partial charge in [-0.3, -0.25) is 0 Å². The Hall–Kier alpha value is -0.220. The Labute approximate surface area is 99.0 Å². The molecule has 0 aliphatic rings. The fourth-order valence-electron chi connectivity index (χ4n) is 0.951. The van der Waals surface area contributed by atoms with Crippen molar-refractivity contribution in [1.82, 2.24) is 4.90 Å². The van der Waals surface area contributed by atoms with Gasteiger partial charge in [0.2, 0.25) is 0 Å². The van der Waals surface area contributed by atoms with Crippen molar-refractivity contribution < 1.29 is 13.5 Å². The number of hydrogen-bond acceptors (Lipinski definition) is 2. The minimum atomic E-state index is -2.64. The molecule has 0 amide bonds. The predicted octanol–water partition coefficient (Wildman–Crippen LogP) is 3.62. The molecule has 0 rings (SSSR count). The number of alkyl halides is 2. The molecular formula is C12H27F2NO. The van der Waals surface area contributed by atoms with Crippen LogP contribution in [0.1, 0.15) is 40.5 Å². The highest BCUT2D eigenvalue weighted by Gasteiger charge is 2.08. The van der Waals surface area contributed by atoms with Crippen LogP contribution in [0, 0.1) is 5.92 Å². The fraction of sp³-hybridized carbons (Fsp3) is 1.00. The summed E-state index contributed by atoms with van der Waals surface area (Å²) < 4.78 is 27.3. The van der Waals surface area contributed by atoms with Crippen LogP contribution in [0.25, 0.3) is 0 Å². The van der Waals surface area contributed by atoms with Crippen molar-refractivity contribution in [1.29, 1.82) is 0 Å². The van der Waals surface area contributed by atoms with E-state index in [-0.39, 0.29) is 12.5 Å². The first-order chi connectivity index (χ1) is 7.47. The van der Waals surface area contributed by atoms with Gasteiger partial charge >= 0.3 is 6.61 Å². The lowest BCUT2D eigenvalue weighted by Gasteiger charge is -2.19. The van der Waals surface area contributed by atoms with Crippen LogP contribution in [0.5, 0.6) is 0 Å². The summed E-state index contributed by atoms with van der Waals surface area (Å²) in [6.07, 6.45) is 2.64. The van der Waals surface area contributed by atoms with Crippen LogP contribution in [0.3, 0.4) is 0 Å². The highest BCUT2D eigenvalue weighted by atomic mass is 19.3. The van der Waals surface area contributed by atoms with E-state index in [1.54, 1.807) is 0 Å². The monoisotopic (exact) mass is 239 g/mol. The molecule has 0 aliphatic heterocycles. The zero-order valence-electron chi connectivity index (χ0n) is 11.3. The average Bonchev–Trinajstić information content (AvgIpc) is 2.26. The van der Waals surface area contributed by atoms with Crippen molar-refractivity contribution in [3.63, 3.8) is 0 Å². The van der Waals surface area contributed by atoms with Gasteiger partial charge in [0.05, 0.1) is 6.61 Å². The molecule has 1 atom stereocenters. The SMILES string of the molecule is CCCC.CCN(C)CC(C)COC(F)F. The van der Waals surface area contributed by atoms with Gasteiger partial charge in [0, 0.05) is 6.54 Å². The van der Waals surface area contributed by atoms with Crippen molar-refractivity contribution >= 4 is 0 Å². The van der Waals surface area contributed by atoms with Gasteiger partial charge in [-0.1, -0.05) is 40.5 Å². The Bertz CT molecular complexity index is 132. The van der Waals surface area contributed by atoms with Crippen molar-refractivity contribution in [3.05, 3.63) is 0 Å². The number of unbranched alkanes of at least 4 members (excludes halogenated alkanes) is 1. The summed E-state index contributed by atoms with van der Waals surface area (Å²) in [4.78, 5) is 2.07. The topological polar surface area (TPSA) is 12.5 Å². The van der Waals surface area contributed by atoms with Crippen LogP contribution in [0.4, 0.5) is 8.78 Å². The van der Waals surface area contributed by atoms with Gasteiger partial charge in [0.15, 0.2) is 0 Å². The highest BCUT2D eigenvalue weighted by molar-refractivity contribution is 4.56. The maximum atomic E-state index is 11.6. The summed E-state index contributed by atoms with van der Waals surface area (Å²) in [5.41, 5.74) is 0. The lowest BCUT2D eigenvalue weighted by Crippen LogP contribution is -2.26. The Kier molecular flexibility index (Phi) is 14.6. The van der Waals surface area contributed by atoms with Crippen LogP contribution < -0.4 is 0 Å². The maximum absolute atomic E-state index is 11.6. The van der Waals surface area contributed by atoms with Gasteiger partial charge in [-0.15, -0.1) is 0 Å². The van der Waals surface area contributed by atoms with E-state index in [1.165, 1.54) is 12.8 Å². The smallest absolute Gasteiger partial charge is 0.323 e. The zero-order chi connectivity index (χ0) is 13.0. The summed E-state index contributed by atoms with van der Waals surface area (Å²) in [5.74, 6) is 0.156. The fourth-order valence-corrected chi connectivity index (χ4v) is 0.951. The lowest BCUT2D eigenvalue weighted by molar-refractivity contribution is -0.137. The molecule has 0 aromatic carbocycles. The first-order valence-corrected chi connectivity index (χ1v) is 6.06. The van der Waals surface area contributed by atoms with E-state index in [4.69, 9.17) is 0 Å². The zero-order valence-corrected chi connectivity index (χ0v) is 11.3. The Morgan fingerprint density at radius 3 is 1.94 bits per heavy atom. The summed E-state index contributed by atoms with van der Waals surface area (Å²) in [7, 11) is 1.96. The largest absolute Gasteiger partial charge is 0.345 e. The molecular weight excluding hydrogens is 212 g/mol. The third-order valence-electron chi connectivity index (χ3n) is 2.17.